The smallest absolute Gasteiger partial charge is 0.124 e. The summed E-state index contributed by atoms with van der Waals surface area (Å²) in [5.41, 5.74) is 5.79. The molecule has 0 fully saturated rings. The number of nitrogens with two attached hydrogens (primary N) is 1. The van der Waals surface area contributed by atoms with Crippen LogP contribution in [0, 0.1) is 5.82 Å². The number of hydrogen-bond acceptors (Lipinski definition) is 2. The summed E-state index contributed by atoms with van der Waals surface area (Å²) in [6.45, 7) is 3.63. The molecule has 14 heavy (non-hydrogen) atoms. The fraction of sp³-hybridized carbons (Fsp3) is 0.0909. The summed E-state index contributed by atoms with van der Waals surface area (Å²) in [7, 11) is 0. The second-order valence-corrected chi connectivity index (χ2v) is 4.21. The quantitative estimate of drug-likeness (QED) is 0.752. The molecule has 2 rings (SSSR count). The highest BCUT2D eigenvalue weighted by Gasteiger charge is 2.06. The Balaban J connectivity index is 2.56. The fourth-order valence-corrected chi connectivity index (χ4v) is 2.39. The lowest BCUT2D eigenvalue weighted by molar-refractivity contribution is 0.630. The standard InChI is InChI=1S/C11H10FNS/c1-2-9(13)11-5-7-3-4-8(12)6-10(7)14-11/h2-6,9H,1,13H2. The van der Waals surface area contributed by atoms with Crippen molar-refractivity contribution in [3.05, 3.63) is 47.6 Å². The van der Waals surface area contributed by atoms with Crippen LogP contribution in [0.4, 0.5) is 4.39 Å². The lowest BCUT2D eigenvalue weighted by atomic mass is 10.2. The van der Waals surface area contributed by atoms with Crippen molar-refractivity contribution >= 4 is 21.4 Å². The Morgan fingerprint density at radius 1 is 1.43 bits per heavy atom. The van der Waals surface area contributed by atoms with Crippen LogP contribution >= 0.6 is 11.3 Å². The summed E-state index contributed by atoms with van der Waals surface area (Å²) >= 11 is 1.51. The molecule has 0 saturated carbocycles. The Morgan fingerprint density at radius 3 is 2.93 bits per heavy atom. The second-order valence-electron chi connectivity index (χ2n) is 3.09. The molecular weight excluding hydrogens is 197 g/mol. The van der Waals surface area contributed by atoms with Crippen LogP contribution in [0.2, 0.25) is 0 Å². The molecule has 0 amide bonds. The molecule has 0 saturated heterocycles. The molecular formula is C11H10FNS. The van der Waals surface area contributed by atoms with Crippen LogP contribution in [0.1, 0.15) is 10.9 Å². The minimum atomic E-state index is -0.210. The van der Waals surface area contributed by atoms with Crippen molar-refractivity contribution in [2.75, 3.05) is 0 Å². The van der Waals surface area contributed by atoms with Crippen LogP contribution < -0.4 is 5.73 Å². The molecule has 0 aliphatic heterocycles. The zero-order chi connectivity index (χ0) is 10.1. The van der Waals surface area contributed by atoms with E-state index in [-0.39, 0.29) is 11.9 Å². The Kier molecular flexibility index (Phi) is 2.35. The van der Waals surface area contributed by atoms with Gasteiger partial charge in [0.1, 0.15) is 5.82 Å². The van der Waals surface area contributed by atoms with Gasteiger partial charge in [-0.3, -0.25) is 0 Å². The minimum absolute atomic E-state index is 0.157. The van der Waals surface area contributed by atoms with Gasteiger partial charge in [0.15, 0.2) is 0 Å². The van der Waals surface area contributed by atoms with Gasteiger partial charge in [0.05, 0.1) is 6.04 Å². The van der Waals surface area contributed by atoms with Gasteiger partial charge < -0.3 is 5.73 Å². The van der Waals surface area contributed by atoms with Crippen molar-refractivity contribution in [1.82, 2.24) is 0 Å². The van der Waals surface area contributed by atoms with Crippen molar-refractivity contribution < 1.29 is 4.39 Å². The van der Waals surface area contributed by atoms with Gasteiger partial charge in [-0.2, -0.15) is 0 Å². The summed E-state index contributed by atoms with van der Waals surface area (Å²) in [5.74, 6) is -0.210. The summed E-state index contributed by atoms with van der Waals surface area (Å²) in [6, 6.07) is 6.57. The molecule has 0 bridgehead atoms. The largest absolute Gasteiger partial charge is 0.320 e. The molecule has 2 aromatic rings. The number of rotatable bonds is 2. The maximum Gasteiger partial charge on any atom is 0.124 e. The van der Waals surface area contributed by atoms with Crippen LogP contribution in [0.15, 0.2) is 36.9 Å². The predicted octanol–water partition coefficient (Wildman–Crippen LogP) is 3.23. The highest BCUT2D eigenvalue weighted by atomic mass is 32.1. The van der Waals surface area contributed by atoms with Gasteiger partial charge >= 0.3 is 0 Å². The van der Waals surface area contributed by atoms with Crippen LogP contribution in [0.25, 0.3) is 10.1 Å². The van der Waals surface area contributed by atoms with Crippen molar-refractivity contribution in [3.63, 3.8) is 0 Å². The van der Waals surface area contributed by atoms with Gasteiger partial charge in [-0.05, 0) is 23.6 Å². The topological polar surface area (TPSA) is 26.0 Å². The molecule has 0 aliphatic rings. The lowest BCUT2D eigenvalue weighted by Gasteiger charge is -1.99. The average molecular weight is 207 g/mol. The third-order valence-electron chi connectivity index (χ3n) is 2.08. The molecule has 1 nitrogen and oxygen atoms in total. The van der Waals surface area contributed by atoms with E-state index in [9.17, 15) is 4.39 Å². The maximum atomic E-state index is 12.9. The lowest BCUT2D eigenvalue weighted by Crippen LogP contribution is -2.03. The van der Waals surface area contributed by atoms with Gasteiger partial charge in [-0.15, -0.1) is 17.9 Å². The molecule has 2 N–H and O–H groups in total. The van der Waals surface area contributed by atoms with E-state index in [0.717, 1.165) is 15.0 Å². The van der Waals surface area contributed by atoms with Crippen molar-refractivity contribution in [2.24, 2.45) is 5.73 Å². The van der Waals surface area contributed by atoms with Gasteiger partial charge in [0.25, 0.3) is 0 Å². The molecule has 0 radical (unpaired) electrons. The third kappa shape index (κ3) is 1.56. The maximum absolute atomic E-state index is 12.9. The second kappa shape index (κ2) is 3.52. The molecule has 0 aliphatic carbocycles. The molecule has 72 valence electrons. The minimum Gasteiger partial charge on any atom is -0.320 e. The Hall–Kier alpha value is -1.19. The summed E-state index contributed by atoms with van der Waals surface area (Å²) in [5, 5.41) is 1.03. The fourth-order valence-electron chi connectivity index (χ4n) is 1.31. The molecule has 1 unspecified atom stereocenters. The van der Waals surface area contributed by atoms with E-state index in [2.05, 4.69) is 6.58 Å². The predicted molar refractivity (Wildman–Crippen MR) is 58.9 cm³/mol. The van der Waals surface area contributed by atoms with Crippen LogP contribution in [0.3, 0.4) is 0 Å². The highest BCUT2D eigenvalue weighted by Crippen LogP contribution is 2.29. The number of thiophene rings is 1. The van der Waals surface area contributed by atoms with Crippen LogP contribution in [-0.4, -0.2) is 0 Å². The van der Waals surface area contributed by atoms with E-state index in [4.69, 9.17) is 5.73 Å². The normalized spacial score (nSPS) is 13.0. The zero-order valence-corrected chi connectivity index (χ0v) is 8.35. The van der Waals surface area contributed by atoms with E-state index in [1.165, 1.54) is 23.5 Å². The van der Waals surface area contributed by atoms with Gasteiger partial charge in [0, 0.05) is 9.58 Å². The summed E-state index contributed by atoms with van der Waals surface area (Å²) in [4.78, 5) is 1.01. The summed E-state index contributed by atoms with van der Waals surface area (Å²) < 4.78 is 13.8. The Bertz CT molecular complexity index is 475. The van der Waals surface area contributed by atoms with Gasteiger partial charge in [0.2, 0.25) is 0 Å². The van der Waals surface area contributed by atoms with Crippen molar-refractivity contribution in [1.29, 1.82) is 0 Å². The monoisotopic (exact) mass is 207 g/mol. The zero-order valence-electron chi connectivity index (χ0n) is 7.53. The third-order valence-corrected chi connectivity index (χ3v) is 3.28. The van der Waals surface area contributed by atoms with Gasteiger partial charge in [-0.25, -0.2) is 4.39 Å². The first-order chi connectivity index (χ1) is 6.70. The number of fused-ring (bicyclic) bond motifs is 1. The van der Waals surface area contributed by atoms with E-state index in [1.54, 1.807) is 12.1 Å². The summed E-state index contributed by atoms with van der Waals surface area (Å²) in [6.07, 6.45) is 1.68. The molecule has 1 aromatic heterocycles. The van der Waals surface area contributed by atoms with Crippen LogP contribution in [0.5, 0.6) is 0 Å². The average Bonchev–Trinajstić information content (AvgIpc) is 2.59. The first-order valence-corrected chi connectivity index (χ1v) is 5.09. The molecule has 3 heteroatoms. The number of benzene rings is 1. The Morgan fingerprint density at radius 2 is 2.21 bits per heavy atom. The first kappa shape index (κ1) is 9.37. The molecule has 0 spiro atoms. The van der Waals surface area contributed by atoms with Crippen LogP contribution in [-0.2, 0) is 0 Å². The number of halogens is 1. The highest BCUT2D eigenvalue weighted by molar-refractivity contribution is 7.19. The molecule has 1 atom stereocenters. The molecule has 1 heterocycles. The number of hydrogen-bond donors (Lipinski definition) is 1. The van der Waals surface area contributed by atoms with E-state index in [0.29, 0.717) is 0 Å². The SMILES string of the molecule is C=CC(N)c1cc2ccc(F)cc2s1. The van der Waals surface area contributed by atoms with Crippen molar-refractivity contribution in [3.8, 4) is 0 Å². The van der Waals surface area contributed by atoms with Crippen molar-refractivity contribution in [2.45, 2.75) is 6.04 Å². The van der Waals surface area contributed by atoms with Gasteiger partial charge in [-0.1, -0.05) is 12.1 Å². The van der Waals surface area contributed by atoms with E-state index >= 15 is 0 Å². The first-order valence-electron chi connectivity index (χ1n) is 4.28. The molecule has 1 aromatic carbocycles. The van der Waals surface area contributed by atoms with E-state index in [1.807, 2.05) is 6.07 Å². The van der Waals surface area contributed by atoms with E-state index < -0.39 is 0 Å². The Labute approximate surface area is 85.7 Å².